The molecule has 5 rings (SSSR count). The molecule has 0 bridgehead atoms. The van der Waals surface area contributed by atoms with Crippen LogP contribution in [0.3, 0.4) is 0 Å². The van der Waals surface area contributed by atoms with Crippen LogP contribution in [0.2, 0.25) is 5.02 Å². The van der Waals surface area contributed by atoms with Crippen molar-refractivity contribution in [3.05, 3.63) is 70.8 Å². The molecule has 1 unspecified atom stereocenters. The molecule has 2 amide bonds. The van der Waals surface area contributed by atoms with Gasteiger partial charge in [0.2, 0.25) is 11.8 Å². The van der Waals surface area contributed by atoms with Crippen LogP contribution in [0.4, 0.5) is 0 Å². The predicted molar refractivity (Wildman–Crippen MR) is 151 cm³/mol. The number of nitrogens with zero attached hydrogens (tertiary/aromatic N) is 3. The van der Waals surface area contributed by atoms with E-state index in [2.05, 4.69) is 22.7 Å². The van der Waals surface area contributed by atoms with Gasteiger partial charge in [0.1, 0.15) is 11.5 Å². The standard InChI is InChI=1S/C30H33ClN4O4/c1-19-17-27(36)32-33-28(19)20-9-12-22(13-10-20)39-16-6-5-15-35-30(37)24-8-4-3-7-23(24)29(34-35)21-11-14-26(38-2)25(31)18-21/h3-4,9-14,18-19,23-24H,5-8,15-17H2,1-2H3,(H,32,36)/t19?,23-,24+/m1/s1. The number of nitrogens with one attached hydrogen (secondary N) is 1. The first-order chi connectivity index (χ1) is 18.9. The third-order valence-corrected chi connectivity index (χ3v) is 7.77. The molecule has 0 aromatic heterocycles. The minimum Gasteiger partial charge on any atom is -0.495 e. The van der Waals surface area contributed by atoms with Crippen LogP contribution in [0, 0.1) is 17.8 Å². The number of fused-ring (bicyclic) bond motifs is 1. The Morgan fingerprint density at radius 1 is 1.00 bits per heavy atom. The highest BCUT2D eigenvalue weighted by atomic mass is 35.5. The number of methoxy groups -OCH3 is 1. The van der Waals surface area contributed by atoms with E-state index in [1.54, 1.807) is 12.1 Å². The first-order valence-corrected chi connectivity index (χ1v) is 13.8. The van der Waals surface area contributed by atoms with E-state index in [4.69, 9.17) is 26.2 Å². The number of amides is 2. The lowest BCUT2D eigenvalue weighted by atomic mass is 9.76. The summed E-state index contributed by atoms with van der Waals surface area (Å²) in [7, 11) is 1.59. The van der Waals surface area contributed by atoms with E-state index in [1.165, 1.54) is 0 Å². The Labute approximate surface area is 233 Å². The average Bonchev–Trinajstić information content (AvgIpc) is 2.94. The number of ether oxygens (including phenoxy) is 2. The summed E-state index contributed by atoms with van der Waals surface area (Å²) in [5.74, 6) is 1.43. The van der Waals surface area contributed by atoms with Gasteiger partial charge < -0.3 is 9.47 Å². The van der Waals surface area contributed by atoms with Crippen molar-refractivity contribution in [2.45, 2.75) is 39.0 Å². The molecule has 0 saturated carbocycles. The van der Waals surface area contributed by atoms with E-state index >= 15 is 0 Å². The minimum atomic E-state index is -0.108. The third-order valence-electron chi connectivity index (χ3n) is 7.47. The van der Waals surface area contributed by atoms with Crippen molar-refractivity contribution in [1.82, 2.24) is 10.4 Å². The second-order valence-corrected chi connectivity index (χ2v) is 10.6. The van der Waals surface area contributed by atoms with Crippen LogP contribution in [0.25, 0.3) is 0 Å². The van der Waals surface area contributed by atoms with Gasteiger partial charge >= 0.3 is 0 Å². The predicted octanol–water partition coefficient (Wildman–Crippen LogP) is 5.20. The normalized spacial score (nSPS) is 22.5. The lowest BCUT2D eigenvalue weighted by molar-refractivity contribution is -0.138. The molecule has 1 aliphatic carbocycles. The summed E-state index contributed by atoms with van der Waals surface area (Å²) in [4.78, 5) is 24.8. The van der Waals surface area contributed by atoms with Gasteiger partial charge in [-0.2, -0.15) is 10.2 Å². The van der Waals surface area contributed by atoms with Gasteiger partial charge in [-0.05, 0) is 79.3 Å². The zero-order chi connectivity index (χ0) is 27.4. The Hall–Kier alpha value is -3.65. The van der Waals surface area contributed by atoms with E-state index in [9.17, 15) is 9.59 Å². The van der Waals surface area contributed by atoms with Gasteiger partial charge in [0.05, 0.1) is 36.1 Å². The van der Waals surface area contributed by atoms with Crippen molar-refractivity contribution in [2.24, 2.45) is 28.0 Å². The van der Waals surface area contributed by atoms with E-state index in [0.29, 0.717) is 30.3 Å². The molecule has 3 atom stereocenters. The molecule has 9 heteroatoms. The van der Waals surface area contributed by atoms with Crippen molar-refractivity contribution in [1.29, 1.82) is 0 Å². The summed E-state index contributed by atoms with van der Waals surface area (Å²) < 4.78 is 11.2. The number of allylic oxidation sites excluding steroid dienone is 2. The number of rotatable bonds is 9. The number of hydrogen-bond donors (Lipinski definition) is 1. The summed E-state index contributed by atoms with van der Waals surface area (Å²) in [6, 6.07) is 13.4. The molecule has 0 radical (unpaired) electrons. The Balaban J connectivity index is 1.18. The van der Waals surface area contributed by atoms with Crippen molar-refractivity contribution < 1.29 is 19.1 Å². The molecule has 3 aliphatic rings. The number of unbranched alkanes of at least 4 members (excludes halogenated alkanes) is 1. The smallest absolute Gasteiger partial charge is 0.246 e. The van der Waals surface area contributed by atoms with Crippen LogP contribution in [0.1, 0.15) is 50.2 Å². The summed E-state index contributed by atoms with van der Waals surface area (Å²) >= 11 is 6.41. The fourth-order valence-electron chi connectivity index (χ4n) is 5.37. The number of hydrogen-bond acceptors (Lipinski definition) is 6. The highest BCUT2D eigenvalue weighted by Gasteiger charge is 2.39. The van der Waals surface area contributed by atoms with Crippen molar-refractivity contribution >= 4 is 34.8 Å². The maximum absolute atomic E-state index is 13.3. The minimum absolute atomic E-state index is 0.0494. The van der Waals surface area contributed by atoms with E-state index in [0.717, 1.165) is 54.0 Å². The fraction of sp³-hybridized carbons (Fsp3) is 0.400. The quantitative estimate of drug-likeness (QED) is 0.344. The van der Waals surface area contributed by atoms with Gasteiger partial charge in [-0.25, -0.2) is 10.4 Å². The molecule has 0 saturated heterocycles. The summed E-state index contributed by atoms with van der Waals surface area (Å²) in [6.07, 6.45) is 7.74. The zero-order valence-corrected chi connectivity index (χ0v) is 23.0. The maximum Gasteiger partial charge on any atom is 0.246 e. The molecule has 39 heavy (non-hydrogen) atoms. The number of carbonyl (C=O) groups excluding carboxylic acids is 2. The van der Waals surface area contributed by atoms with E-state index in [1.807, 2.05) is 49.4 Å². The van der Waals surface area contributed by atoms with Crippen molar-refractivity contribution in [3.63, 3.8) is 0 Å². The molecule has 0 fully saturated rings. The van der Waals surface area contributed by atoms with E-state index < -0.39 is 0 Å². The van der Waals surface area contributed by atoms with Gasteiger partial charge in [-0.3, -0.25) is 9.59 Å². The first kappa shape index (κ1) is 26.9. The fourth-order valence-corrected chi connectivity index (χ4v) is 5.63. The number of halogens is 1. The molecule has 0 spiro atoms. The Morgan fingerprint density at radius 2 is 1.74 bits per heavy atom. The first-order valence-electron chi connectivity index (χ1n) is 13.4. The average molecular weight is 549 g/mol. The Morgan fingerprint density at radius 3 is 2.46 bits per heavy atom. The van der Waals surface area contributed by atoms with Gasteiger partial charge in [0, 0.05) is 24.8 Å². The highest BCUT2D eigenvalue weighted by molar-refractivity contribution is 6.32. The molecule has 8 nitrogen and oxygen atoms in total. The largest absolute Gasteiger partial charge is 0.495 e. The second-order valence-electron chi connectivity index (χ2n) is 10.2. The molecular weight excluding hydrogens is 516 g/mol. The number of hydrazone groups is 2. The maximum atomic E-state index is 13.3. The molecule has 204 valence electrons. The number of carbonyl (C=O) groups is 2. The highest BCUT2D eigenvalue weighted by Crippen LogP contribution is 2.36. The third kappa shape index (κ3) is 6.01. The van der Waals surface area contributed by atoms with Gasteiger partial charge in [0.25, 0.3) is 0 Å². The van der Waals surface area contributed by atoms with Gasteiger partial charge in [-0.1, -0.05) is 30.7 Å². The Kier molecular flexibility index (Phi) is 8.31. The molecular formula is C30H33ClN4O4. The van der Waals surface area contributed by atoms with Crippen LogP contribution in [-0.2, 0) is 9.59 Å². The number of benzene rings is 2. The van der Waals surface area contributed by atoms with Crippen LogP contribution >= 0.6 is 11.6 Å². The van der Waals surface area contributed by atoms with Crippen molar-refractivity contribution in [2.75, 3.05) is 20.3 Å². The summed E-state index contributed by atoms with van der Waals surface area (Å²) in [5.41, 5.74) is 6.23. The van der Waals surface area contributed by atoms with Crippen molar-refractivity contribution in [3.8, 4) is 11.5 Å². The zero-order valence-electron chi connectivity index (χ0n) is 22.2. The monoisotopic (exact) mass is 548 g/mol. The van der Waals surface area contributed by atoms with Gasteiger partial charge in [-0.15, -0.1) is 0 Å². The summed E-state index contributed by atoms with van der Waals surface area (Å²) in [6.45, 7) is 3.07. The lowest BCUT2D eigenvalue weighted by Crippen LogP contribution is -2.45. The van der Waals surface area contributed by atoms with Crippen LogP contribution in [0.5, 0.6) is 11.5 Å². The summed E-state index contributed by atoms with van der Waals surface area (Å²) in [5, 5.41) is 11.2. The second kappa shape index (κ2) is 12.0. The molecule has 2 aliphatic heterocycles. The van der Waals surface area contributed by atoms with Gasteiger partial charge in [0.15, 0.2) is 0 Å². The SMILES string of the molecule is COc1ccc(C2=NN(CCCCOc3ccc(C4=NNC(=O)CC4C)cc3)C(=O)[C@H]3CC=CC[C@@H]23)cc1Cl. The lowest BCUT2D eigenvalue weighted by Gasteiger charge is -2.37. The van der Waals surface area contributed by atoms with Crippen LogP contribution < -0.4 is 14.9 Å². The topological polar surface area (TPSA) is 92.6 Å². The van der Waals surface area contributed by atoms with Crippen LogP contribution in [0.15, 0.2) is 64.8 Å². The van der Waals surface area contributed by atoms with E-state index in [-0.39, 0.29) is 29.6 Å². The molecule has 2 aromatic rings. The molecule has 2 heterocycles. The molecule has 2 aromatic carbocycles. The Bertz CT molecular complexity index is 1320. The molecule has 1 N–H and O–H groups in total. The van der Waals surface area contributed by atoms with Crippen LogP contribution in [-0.4, -0.2) is 48.5 Å².